The number of aromatic nitrogens is 2. The van der Waals surface area contributed by atoms with Gasteiger partial charge in [-0.1, -0.05) is 24.3 Å². The van der Waals surface area contributed by atoms with E-state index in [9.17, 15) is 9.90 Å². The van der Waals surface area contributed by atoms with E-state index < -0.39 is 6.10 Å². The Balaban J connectivity index is 1.59. The fraction of sp³-hybridized carbons (Fsp3) is 0.444. The summed E-state index contributed by atoms with van der Waals surface area (Å²) in [6.07, 6.45) is 0.0499. The molecule has 1 aromatic heterocycles. The molecule has 0 unspecified atom stereocenters. The topological polar surface area (TPSA) is 79.2 Å². The summed E-state index contributed by atoms with van der Waals surface area (Å²) >= 11 is 0. The average molecular weight is 328 g/mol. The Hall–Kier alpha value is -2.18. The molecule has 0 spiro atoms. The second-order valence-corrected chi connectivity index (χ2v) is 6.47. The highest BCUT2D eigenvalue weighted by Crippen LogP contribution is 2.11. The standard InChI is InChI=1S/C18H24N4O2/c1-12-6-13(2)22(21-12)11-15-5-3-4-14(7-15)9-20-18(24)17-8-16(23)10-19-17/h3-7,16-17,19,23H,8-11H2,1-2H3,(H,20,24)/t16-,17-/m1/s1. The first-order chi connectivity index (χ1) is 11.5. The van der Waals surface area contributed by atoms with Crippen LogP contribution in [0.5, 0.6) is 0 Å². The van der Waals surface area contributed by atoms with Gasteiger partial charge in [0.25, 0.3) is 0 Å². The molecule has 0 aliphatic carbocycles. The molecule has 1 aliphatic rings. The Morgan fingerprint density at radius 1 is 1.38 bits per heavy atom. The van der Waals surface area contributed by atoms with Crippen molar-refractivity contribution in [3.8, 4) is 0 Å². The molecule has 1 aliphatic heterocycles. The van der Waals surface area contributed by atoms with Crippen molar-refractivity contribution in [3.63, 3.8) is 0 Å². The molecule has 1 fully saturated rings. The minimum Gasteiger partial charge on any atom is -0.392 e. The van der Waals surface area contributed by atoms with E-state index in [0.29, 0.717) is 19.5 Å². The number of hydrogen-bond acceptors (Lipinski definition) is 4. The smallest absolute Gasteiger partial charge is 0.237 e. The molecular formula is C18H24N4O2. The van der Waals surface area contributed by atoms with Crippen LogP contribution in [-0.2, 0) is 17.9 Å². The fourth-order valence-electron chi connectivity index (χ4n) is 3.08. The molecule has 0 radical (unpaired) electrons. The average Bonchev–Trinajstić information content (AvgIpc) is 3.11. The molecule has 1 saturated heterocycles. The summed E-state index contributed by atoms with van der Waals surface area (Å²) in [4.78, 5) is 12.1. The monoisotopic (exact) mass is 328 g/mol. The molecule has 2 heterocycles. The molecule has 1 aromatic carbocycles. The van der Waals surface area contributed by atoms with Gasteiger partial charge in [0.15, 0.2) is 0 Å². The number of rotatable bonds is 5. The number of carbonyl (C=O) groups is 1. The number of benzene rings is 1. The number of β-amino-alcohol motifs (C(OH)–C–C–N with tert-alkyl or cyclic N) is 1. The lowest BCUT2D eigenvalue weighted by atomic mass is 10.1. The lowest BCUT2D eigenvalue weighted by Gasteiger charge is -2.12. The third kappa shape index (κ3) is 4.01. The molecule has 24 heavy (non-hydrogen) atoms. The Bertz CT molecular complexity index is 726. The number of nitrogens with zero attached hydrogens (tertiary/aromatic N) is 2. The normalized spacial score (nSPS) is 20.3. The van der Waals surface area contributed by atoms with Gasteiger partial charge in [-0.2, -0.15) is 5.10 Å². The lowest BCUT2D eigenvalue weighted by Crippen LogP contribution is -2.40. The lowest BCUT2D eigenvalue weighted by molar-refractivity contribution is -0.123. The molecule has 2 atom stereocenters. The van der Waals surface area contributed by atoms with Gasteiger partial charge in [0.2, 0.25) is 5.91 Å². The number of carbonyl (C=O) groups excluding carboxylic acids is 1. The summed E-state index contributed by atoms with van der Waals surface area (Å²) in [6.45, 7) is 5.72. The van der Waals surface area contributed by atoms with Gasteiger partial charge in [-0.05, 0) is 37.5 Å². The predicted molar refractivity (Wildman–Crippen MR) is 91.5 cm³/mol. The molecule has 128 valence electrons. The van der Waals surface area contributed by atoms with E-state index in [1.54, 1.807) is 0 Å². The maximum atomic E-state index is 12.1. The maximum Gasteiger partial charge on any atom is 0.237 e. The number of aryl methyl sites for hydroxylation is 2. The van der Waals surface area contributed by atoms with Gasteiger partial charge in [-0.25, -0.2) is 0 Å². The van der Waals surface area contributed by atoms with Crippen molar-refractivity contribution >= 4 is 5.91 Å². The summed E-state index contributed by atoms with van der Waals surface area (Å²) < 4.78 is 1.98. The molecular weight excluding hydrogens is 304 g/mol. The first-order valence-electron chi connectivity index (χ1n) is 8.29. The second-order valence-electron chi connectivity index (χ2n) is 6.47. The van der Waals surface area contributed by atoms with Gasteiger partial charge in [0.05, 0.1) is 24.4 Å². The van der Waals surface area contributed by atoms with Crippen molar-refractivity contribution in [2.75, 3.05) is 6.54 Å². The molecule has 1 amide bonds. The van der Waals surface area contributed by atoms with E-state index in [1.807, 2.05) is 30.7 Å². The van der Waals surface area contributed by atoms with Gasteiger partial charge in [0.1, 0.15) is 0 Å². The van der Waals surface area contributed by atoms with Crippen LogP contribution in [0.3, 0.4) is 0 Å². The van der Waals surface area contributed by atoms with Crippen LogP contribution < -0.4 is 10.6 Å². The van der Waals surface area contributed by atoms with Crippen LogP contribution in [0.4, 0.5) is 0 Å². The van der Waals surface area contributed by atoms with Crippen LogP contribution in [0.25, 0.3) is 0 Å². The Labute approximate surface area is 141 Å². The highest BCUT2D eigenvalue weighted by Gasteiger charge is 2.27. The van der Waals surface area contributed by atoms with E-state index in [4.69, 9.17) is 0 Å². The van der Waals surface area contributed by atoms with Crippen LogP contribution in [-0.4, -0.2) is 39.5 Å². The number of hydrogen-bond donors (Lipinski definition) is 3. The quantitative estimate of drug-likeness (QED) is 0.761. The highest BCUT2D eigenvalue weighted by molar-refractivity contribution is 5.82. The molecule has 2 aromatic rings. The van der Waals surface area contributed by atoms with Crippen molar-refractivity contribution in [2.45, 2.75) is 45.5 Å². The van der Waals surface area contributed by atoms with Crippen LogP contribution in [0, 0.1) is 13.8 Å². The minimum absolute atomic E-state index is 0.0597. The van der Waals surface area contributed by atoms with Gasteiger partial charge in [0, 0.05) is 18.8 Å². The van der Waals surface area contributed by atoms with Crippen molar-refractivity contribution < 1.29 is 9.90 Å². The first kappa shape index (κ1) is 16.7. The SMILES string of the molecule is Cc1cc(C)n(Cc2cccc(CNC(=O)[C@H]3C[C@@H](O)CN3)c2)n1. The van der Waals surface area contributed by atoms with E-state index in [-0.39, 0.29) is 11.9 Å². The Kier molecular flexibility index (Phi) is 4.97. The van der Waals surface area contributed by atoms with Crippen LogP contribution >= 0.6 is 0 Å². The third-order valence-corrected chi connectivity index (χ3v) is 4.32. The van der Waals surface area contributed by atoms with E-state index >= 15 is 0 Å². The number of amides is 1. The molecule has 3 N–H and O–H groups in total. The minimum atomic E-state index is -0.426. The number of nitrogens with one attached hydrogen (secondary N) is 2. The highest BCUT2D eigenvalue weighted by atomic mass is 16.3. The number of aliphatic hydroxyl groups excluding tert-OH is 1. The van der Waals surface area contributed by atoms with Gasteiger partial charge < -0.3 is 15.7 Å². The molecule has 6 heteroatoms. The molecule has 3 rings (SSSR count). The summed E-state index contributed by atoms with van der Waals surface area (Å²) in [5, 5.41) is 19.9. The summed E-state index contributed by atoms with van der Waals surface area (Å²) in [6, 6.07) is 9.93. The van der Waals surface area contributed by atoms with E-state index in [0.717, 1.165) is 29.1 Å². The molecule has 6 nitrogen and oxygen atoms in total. The largest absolute Gasteiger partial charge is 0.392 e. The number of aliphatic hydroxyl groups is 1. The zero-order chi connectivity index (χ0) is 17.1. The van der Waals surface area contributed by atoms with E-state index in [1.165, 1.54) is 0 Å². The fourth-order valence-corrected chi connectivity index (χ4v) is 3.08. The van der Waals surface area contributed by atoms with Gasteiger partial charge in [-0.15, -0.1) is 0 Å². The van der Waals surface area contributed by atoms with Crippen LogP contribution in [0.2, 0.25) is 0 Å². The molecule has 0 bridgehead atoms. The van der Waals surface area contributed by atoms with Gasteiger partial charge >= 0.3 is 0 Å². The first-order valence-corrected chi connectivity index (χ1v) is 8.29. The zero-order valence-electron chi connectivity index (χ0n) is 14.1. The maximum absolute atomic E-state index is 12.1. The van der Waals surface area contributed by atoms with Gasteiger partial charge in [-0.3, -0.25) is 9.48 Å². The Morgan fingerprint density at radius 2 is 2.17 bits per heavy atom. The van der Waals surface area contributed by atoms with Crippen LogP contribution in [0.15, 0.2) is 30.3 Å². The van der Waals surface area contributed by atoms with Crippen molar-refractivity contribution in [3.05, 3.63) is 52.8 Å². The third-order valence-electron chi connectivity index (χ3n) is 4.32. The summed E-state index contributed by atoms with van der Waals surface area (Å²) in [5.41, 5.74) is 4.36. The van der Waals surface area contributed by atoms with Crippen molar-refractivity contribution in [2.24, 2.45) is 0 Å². The summed E-state index contributed by atoms with van der Waals surface area (Å²) in [7, 11) is 0. The summed E-state index contributed by atoms with van der Waals surface area (Å²) in [5.74, 6) is -0.0597. The molecule has 0 saturated carbocycles. The van der Waals surface area contributed by atoms with Crippen molar-refractivity contribution in [1.82, 2.24) is 20.4 Å². The van der Waals surface area contributed by atoms with E-state index in [2.05, 4.69) is 33.9 Å². The predicted octanol–water partition coefficient (Wildman–Crippen LogP) is 0.887. The van der Waals surface area contributed by atoms with Crippen LogP contribution in [0.1, 0.15) is 28.9 Å². The second kappa shape index (κ2) is 7.15. The zero-order valence-corrected chi connectivity index (χ0v) is 14.1. The van der Waals surface area contributed by atoms with Crippen molar-refractivity contribution in [1.29, 1.82) is 0 Å². The Morgan fingerprint density at radius 3 is 2.83 bits per heavy atom.